The minimum absolute atomic E-state index is 0.0239. The van der Waals surface area contributed by atoms with Gasteiger partial charge in [-0.25, -0.2) is 4.79 Å². The summed E-state index contributed by atoms with van der Waals surface area (Å²) < 4.78 is 0. The van der Waals surface area contributed by atoms with Gasteiger partial charge in [0.25, 0.3) is 0 Å². The Balaban J connectivity index is 1.60. The van der Waals surface area contributed by atoms with Crippen molar-refractivity contribution in [1.29, 1.82) is 0 Å². The van der Waals surface area contributed by atoms with Gasteiger partial charge in [0.2, 0.25) is 94.5 Å². The molecule has 1 aliphatic heterocycles. The van der Waals surface area contributed by atoms with Gasteiger partial charge < -0.3 is 122 Å². The molecule has 104 heavy (non-hydrogen) atoms. The number of thiol groups is 2. The second-order valence-electron chi connectivity index (χ2n) is 25.1. The van der Waals surface area contributed by atoms with E-state index in [9.17, 15) is 107 Å². The first-order valence-corrected chi connectivity index (χ1v) is 34.2. The van der Waals surface area contributed by atoms with Gasteiger partial charge in [-0.3, -0.25) is 76.7 Å². The fraction of sp³-hybridized carbons (Fsp3) is 0.597. The SMILES string of the molecule is CC(C)C[C@H](NC(=O)[C@H](CS)NC(=O)[C@H](CO)NC(=O)[C@H](CC(N)=O)NC(=O)CNC(=O)[C@H](C)NC(=O)[C@@H](NC(=O)[C@@H]1CCCN1C(=O)[C@H](CS)NC(=O)[C@H](CCC(N)=O)NC(=O)[C@@H](N)CO)[C@@H](C)O)C(=O)N[C@H](C(=O)N[C@@H](CO)C(=O)NCC(=O)N[C@@H](Cc1c[nH]c2ccccc12)C(=O)O)C(C)C. The number of likely N-dealkylation sites (tertiary alicyclic amines) is 1. The van der Waals surface area contributed by atoms with E-state index in [2.05, 4.69) is 99.4 Å². The molecule has 3 rings (SSSR count). The number of primary amides is 2. The number of rotatable bonds is 44. The Morgan fingerprint density at radius 3 is 1.62 bits per heavy atom. The molecule has 0 radical (unpaired) electrons. The fourth-order valence-electron chi connectivity index (χ4n) is 10.3. The smallest absolute Gasteiger partial charge is 0.326 e. The van der Waals surface area contributed by atoms with Crippen LogP contribution in [0.4, 0.5) is 0 Å². The molecular formula is C62H96N18O22S2. The van der Waals surface area contributed by atoms with E-state index in [0.29, 0.717) is 5.56 Å². The van der Waals surface area contributed by atoms with Crippen LogP contribution < -0.4 is 86.3 Å². The molecule has 0 saturated carbocycles. The number of nitrogens with one attached hydrogen (secondary N) is 14. The molecule has 14 atom stereocenters. The number of hydrogen-bond acceptors (Lipinski definition) is 24. The maximum absolute atomic E-state index is 13.9. The molecule has 42 heteroatoms. The summed E-state index contributed by atoms with van der Waals surface area (Å²) in [6.07, 6.45) is -1.53. The second-order valence-corrected chi connectivity index (χ2v) is 25.9. The normalized spacial score (nSPS) is 16.4. The van der Waals surface area contributed by atoms with Crippen LogP contribution in [0.15, 0.2) is 30.5 Å². The Morgan fingerprint density at radius 1 is 0.558 bits per heavy atom. The van der Waals surface area contributed by atoms with Gasteiger partial charge in [0.15, 0.2) is 0 Å². The molecule has 40 nitrogen and oxygen atoms in total. The van der Waals surface area contributed by atoms with Crippen LogP contribution in [0.5, 0.6) is 0 Å². The van der Waals surface area contributed by atoms with E-state index < -0.39 is 236 Å². The predicted molar refractivity (Wildman–Crippen MR) is 372 cm³/mol. The Morgan fingerprint density at radius 2 is 1.07 bits per heavy atom. The van der Waals surface area contributed by atoms with Gasteiger partial charge >= 0.3 is 5.97 Å². The van der Waals surface area contributed by atoms with E-state index in [0.717, 1.165) is 29.7 Å². The standard InChI is InChI=1S/C62H96N18O22S2/c1-27(2)16-36(55(94)78-48(28(3)4)59(98)75-39(23-82)52(91)68-21-47(88)71-38(62(101)102)17-31-19-66-34-11-8-7-10-32(31)34)73-57(96)41(25-103)76-56(95)40(24-83)74-54(93)37(18-45(65)86)70-46(87)20-67-50(89)29(5)69-60(99)49(30(6)84)79-58(97)43-12-9-15-80(43)61(100)42(26-104)77-53(92)35(13-14-44(64)85)72-51(90)33(63)22-81/h7-8,10-11,19,27-30,33,35-43,48-49,66,81-84,103-104H,9,12-18,20-26,63H2,1-6H3,(H2,64,85)(H2,65,86)(H,67,89)(H,68,91)(H,69,99)(H,70,87)(H,71,88)(H,72,90)(H,73,96)(H,74,93)(H,75,98)(H,76,95)(H,77,92)(H,78,94)(H,79,97)(H,101,102)/t29-,30+,33-,35-,36-,37-,38-,39-,40-,41-,42-,43-,48-,49-/m0/s1. The third kappa shape index (κ3) is 28.1. The first kappa shape index (κ1) is 88.5. The van der Waals surface area contributed by atoms with E-state index in [1.807, 2.05) is 0 Å². The third-order valence-electron chi connectivity index (χ3n) is 16.0. The molecular weight excluding hydrogens is 1410 g/mol. The first-order chi connectivity index (χ1) is 48.9. The highest BCUT2D eigenvalue weighted by Crippen LogP contribution is 2.21. The average Bonchev–Trinajstić information content (AvgIpc) is 1.62. The Labute approximate surface area is 607 Å². The monoisotopic (exact) mass is 1510 g/mol. The lowest BCUT2D eigenvalue weighted by atomic mass is 9.99. The number of benzene rings is 1. The van der Waals surface area contributed by atoms with E-state index in [1.54, 1.807) is 44.3 Å². The van der Waals surface area contributed by atoms with Crippen LogP contribution in [0, 0.1) is 11.8 Å². The van der Waals surface area contributed by atoms with Crippen molar-refractivity contribution in [3.8, 4) is 0 Å². The number of fused-ring (bicyclic) bond motifs is 1. The predicted octanol–water partition coefficient (Wildman–Crippen LogP) is -10.2. The van der Waals surface area contributed by atoms with E-state index in [1.165, 1.54) is 13.8 Å². The summed E-state index contributed by atoms with van der Waals surface area (Å²) in [6.45, 7) is 4.04. The van der Waals surface area contributed by atoms with Crippen molar-refractivity contribution in [2.24, 2.45) is 29.0 Å². The molecule has 25 N–H and O–H groups in total. The summed E-state index contributed by atoms with van der Waals surface area (Å²) >= 11 is 8.31. The van der Waals surface area contributed by atoms with Gasteiger partial charge in [0.1, 0.15) is 78.5 Å². The zero-order valence-electron chi connectivity index (χ0n) is 58.0. The van der Waals surface area contributed by atoms with E-state index >= 15 is 0 Å². The molecule has 1 fully saturated rings. The fourth-order valence-corrected chi connectivity index (χ4v) is 10.8. The van der Waals surface area contributed by atoms with Gasteiger partial charge in [-0.2, -0.15) is 25.3 Å². The van der Waals surface area contributed by atoms with Crippen molar-refractivity contribution in [1.82, 2.24) is 79.0 Å². The van der Waals surface area contributed by atoms with Crippen molar-refractivity contribution in [3.05, 3.63) is 36.0 Å². The van der Waals surface area contributed by atoms with Crippen molar-refractivity contribution in [2.75, 3.05) is 51.0 Å². The summed E-state index contributed by atoms with van der Waals surface area (Å²) in [4.78, 5) is 227. The van der Waals surface area contributed by atoms with Crippen molar-refractivity contribution < 1.29 is 107 Å². The number of para-hydroxylation sites is 1. The van der Waals surface area contributed by atoms with Crippen LogP contribution in [-0.4, -0.2) is 272 Å². The van der Waals surface area contributed by atoms with Crippen LogP contribution in [0.3, 0.4) is 0 Å². The highest BCUT2D eigenvalue weighted by Gasteiger charge is 2.41. The van der Waals surface area contributed by atoms with E-state index in [4.69, 9.17) is 17.2 Å². The van der Waals surface area contributed by atoms with Crippen LogP contribution in [0.2, 0.25) is 0 Å². The lowest BCUT2D eigenvalue weighted by Gasteiger charge is -2.30. The van der Waals surface area contributed by atoms with E-state index in [-0.39, 0.29) is 56.7 Å². The first-order valence-electron chi connectivity index (χ1n) is 32.9. The van der Waals surface area contributed by atoms with Crippen LogP contribution >= 0.6 is 25.3 Å². The van der Waals surface area contributed by atoms with Crippen LogP contribution in [0.25, 0.3) is 10.9 Å². The molecule has 0 aliphatic carbocycles. The Bertz CT molecular complexity index is 3420. The number of aromatic amines is 1. The van der Waals surface area contributed by atoms with Gasteiger partial charge in [0.05, 0.1) is 45.4 Å². The molecule has 0 unspecified atom stereocenters. The van der Waals surface area contributed by atoms with Gasteiger partial charge in [-0.1, -0.05) is 45.9 Å². The van der Waals surface area contributed by atoms with Crippen LogP contribution in [-0.2, 0) is 87.9 Å². The van der Waals surface area contributed by atoms with Gasteiger partial charge in [0, 0.05) is 48.0 Å². The highest BCUT2D eigenvalue weighted by atomic mass is 32.1. The number of carboxylic acids is 1. The maximum Gasteiger partial charge on any atom is 0.326 e. The number of carbonyl (C=O) groups excluding carboxylic acids is 16. The highest BCUT2D eigenvalue weighted by molar-refractivity contribution is 7.80. The topological polar surface area (TPSA) is 645 Å². The number of carbonyl (C=O) groups is 17. The molecule has 1 aromatic heterocycles. The molecule has 1 aliphatic rings. The number of aromatic nitrogens is 1. The van der Waals surface area contributed by atoms with Crippen molar-refractivity contribution >= 4 is 137 Å². The quantitative estimate of drug-likeness (QED) is 0.0274. The number of aliphatic carboxylic acids is 1. The van der Waals surface area contributed by atoms with Crippen molar-refractivity contribution in [2.45, 2.75) is 171 Å². The summed E-state index contributed by atoms with van der Waals surface area (Å²) in [5.74, 6) is -19.6. The Hall–Kier alpha value is -9.75. The molecule has 0 spiro atoms. The summed E-state index contributed by atoms with van der Waals surface area (Å²) in [6, 6.07) is -13.1. The summed E-state index contributed by atoms with van der Waals surface area (Å²) in [7, 11) is 0. The summed E-state index contributed by atoms with van der Waals surface area (Å²) in [5.41, 5.74) is 17.4. The number of hydrogen-bond donors (Lipinski definition) is 24. The Kier molecular flexibility index (Phi) is 36.9. The van der Waals surface area contributed by atoms with Crippen molar-refractivity contribution in [3.63, 3.8) is 0 Å². The minimum atomic E-state index is -1.91. The zero-order valence-corrected chi connectivity index (χ0v) is 59.8. The number of aliphatic hydroxyl groups is 4. The number of nitrogens with two attached hydrogens (primary N) is 3. The average molecular weight is 1510 g/mol. The number of H-pyrrole nitrogens is 1. The lowest BCUT2D eigenvalue weighted by molar-refractivity contribution is -0.142. The van der Waals surface area contributed by atoms with Gasteiger partial charge in [-0.15, -0.1) is 0 Å². The molecule has 2 aromatic rings. The largest absolute Gasteiger partial charge is 0.480 e. The summed E-state index contributed by atoms with van der Waals surface area (Å²) in [5, 5.41) is 80.6. The number of carboxylic acid groups (broad SMARTS) is 1. The minimum Gasteiger partial charge on any atom is -0.480 e. The molecule has 1 aromatic carbocycles. The number of aliphatic hydroxyl groups excluding tert-OH is 4. The van der Waals surface area contributed by atoms with Crippen LogP contribution in [0.1, 0.15) is 85.6 Å². The number of nitrogens with zero attached hydrogens (tertiary/aromatic N) is 1. The zero-order chi connectivity index (χ0) is 78.4. The molecule has 1 saturated heterocycles. The molecule has 2 heterocycles. The maximum atomic E-state index is 13.9. The molecule has 578 valence electrons. The lowest BCUT2D eigenvalue weighted by Crippen LogP contribution is -2.61. The molecule has 16 amide bonds. The number of amides is 16. The molecule has 0 bridgehead atoms. The third-order valence-corrected chi connectivity index (χ3v) is 16.7. The van der Waals surface area contributed by atoms with Gasteiger partial charge in [-0.05, 0) is 63.0 Å². The second kappa shape index (κ2) is 43.4.